The Morgan fingerprint density at radius 2 is 1.88 bits per heavy atom. The normalized spacial score (nSPS) is 11.5. The molecule has 130 valence electrons. The van der Waals surface area contributed by atoms with E-state index in [1.807, 2.05) is 17.1 Å². The molecule has 0 saturated heterocycles. The van der Waals surface area contributed by atoms with Crippen LogP contribution in [0.25, 0.3) is 0 Å². The minimum atomic E-state index is -0.293. The van der Waals surface area contributed by atoms with Gasteiger partial charge in [0.05, 0.1) is 18.2 Å². The van der Waals surface area contributed by atoms with Crippen molar-refractivity contribution >= 4 is 5.91 Å². The fourth-order valence-electron chi connectivity index (χ4n) is 2.19. The van der Waals surface area contributed by atoms with Crippen LogP contribution in [0.4, 0.5) is 4.39 Å². The van der Waals surface area contributed by atoms with Crippen LogP contribution in [-0.4, -0.2) is 28.8 Å². The highest BCUT2D eigenvalue weighted by molar-refractivity contribution is 5.78. The molecule has 0 fully saturated rings. The molecule has 0 unspecified atom stereocenters. The van der Waals surface area contributed by atoms with E-state index in [4.69, 9.17) is 0 Å². The van der Waals surface area contributed by atoms with Gasteiger partial charge in [0.25, 0.3) is 0 Å². The van der Waals surface area contributed by atoms with Gasteiger partial charge in [-0.2, -0.15) is 5.10 Å². The van der Waals surface area contributed by atoms with Crippen LogP contribution in [-0.2, 0) is 23.3 Å². The maximum Gasteiger partial charge on any atom is 0.224 e. The predicted octanol–water partition coefficient (Wildman–Crippen LogP) is 2.23. The average Bonchev–Trinajstić information content (AvgIpc) is 2.98. The minimum Gasteiger partial charge on any atom is -0.355 e. The number of hydrogen-bond donors (Lipinski definition) is 2. The van der Waals surface area contributed by atoms with Gasteiger partial charge in [-0.15, -0.1) is 0 Å². The molecule has 5 nitrogen and oxygen atoms in total. The van der Waals surface area contributed by atoms with E-state index < -0.39 is 0 Å². The third kappa shape index (κ3) is 5.77. The largest absolute Gasteiger partial charge is 0.355 e. The highest BCUT2D eigenvalue weighted by atomic mass is 19.1. The zero-order valence-electron chi connectivity index (χ0n) is 14.5. The van der Waals surface area contributed by atoms with Crippen molar-refractivity contribution in [3.05, 3.63) is 53.6 Å². The smallest absolute Gasteiger partial charge is 0.224 e. The average molecular weight is 332 g/mol. The van der Waals surface area contributed by atoms with Gasteiger partial charge >= 0.3 is 0 Å². The lowest BCUT2D eigenvalue weighted by Crippen LogP contribution is -2.32. The molecular formula is C18H25FN4O. The summed E-state index contributed by atoms with van der Waals surface area (Å²) in [4.78, 5) is 11.8. The number of nitrogens with zero attached hydrogens (tertiary/aromatic N) is 2. The van der Waals surface area contributed by atoms with Crippen LogP contribution in [0.5, 0.6) is 0 Å². The fraction of sp³-hybridized carbons (Fsp3) is 0.444. The second-order valence-electron chi connectivity index (χ2n) is 6.79. The molecule has 6 heteroatoms. The maximum atomic E-state index is 12.8. The number of nitrogens with one attached hydrogen (secondary N) is 2. The summed E-state index contributed by atoms with van der Waals surface area (Å²) in [5, 5.41) is 10.5. The van der Waals surface area contributed by atoms with Gasteiger partial charge in [0.1, 0.15) is 5.82 Å². The van der Waals surface area contributed by atoms with Crippen LogP contribution in [0.15, 0.2) is 36.7 Å². The summed E-state index contributed by atoms with van der Waals surface area (Å²) in [6.45, 7) is 8.25. The van der Waals surface area contributed by atoms with Gasteiger partial charge in [-0.1, -0.05) is 12.1 Å². The van der Waals surface area contributed by atoms with E-state index >= 15 is 0 Å². The SMILES string of the molecule is CC(C)(C)n1cc(CNCCNC(=O)Cc2ccc(F)cc2)cn1. The number of carbonyl (C=O) groups is 1. The molecule has 0 spiro atoms. The Kier molecular flexibility index (Phi) is 6.09. The second-order valence-corrected chi connectivity index (χ2v) is 6.79. The summed E-state index contributed by atoms with van der Waals surface area (Å²) in [6.07, 6.45) is 4.14. The predicted molar refractivity (Wildman–Crippen MR) is 92.0 cm³/mol. The van der Waals surface area contributed by atoms with Crippen molar-refractivity contribution in [3.8, 4) is 0 Å². The van der Waals surface area contributed by atoms with Crippen molar-refractivity contribution in [2.24, 2.45) is 0 Å². The Hall–Kier alpha value is -2.21. The number of carbonyl (C=O) groups excluding carboxylic acids is 1. The molecule has 0 aliphatic rings. The van der Waals surface area contributed by atoms with E-state index in [0.717, 1.165) is 11.1 Å². The molecule has 1 aromatic carbocycles. The molecular weight excluding hydrogens is 307 g/mol. The Morgan fingerprint density at radius 1 is 1.17 bits per heavy atom. The number of benzene rings is 1. The molecule has 0 saturated carbocycles. The lowest BCUT2D eigenvalue weighted by atomic mass is 10.1. The number of aromatic nitrogens is 2. The monoisotopic (exact) mass is 332 g/mol. The van der Waals surface area contributed by atoms with E-state index in [9.17, 15) is 9.18 Å². The van der Waals surface area contributed by atoms with Crippen molar-refractivity contribution in [2.75, 3.05) is 13.1 Å². The molecule has 0 aliphatic heterocycles. The molecule has 0 aliphatic carbocycles. The van der Waals surface area contributed by atoms with Crippen molar-refractivity contribution in [1.29, 1.82) is 0 Å². The van der Waals surface area contributed by atoms with Crippen LogP contribution >= 0.6 is 0 Å². The first kappa shape index (κ1) is 18.1. The lowest BCUT2D eigenvalue weighted by molar-refractivity contribution is -0.120. The number of halogens is 1. The highest BCUT2D eigenvalue weighted by Crippen LogP contribution is 2.12. The zero-order chi connectivity index (χ0) is 17.6. The zero-order valence-corrected chi connectivity index (χ0v) is 14.5. The van der Waals surface area contributed by atoms with E-state index in [-0.39, 0.29) is 23.7 Å². The topological polar surface area (TPSA) is 59.0 Å². The number of hydrogen-bond acceptors (Lipinski definition) is 3. The van der Waals surface area contributed by atoms with Crippen LogP contribution < -0.4 is 10.6 Å². The standard InChI is InChI=1S/C18H25FN4O/c1-18(2,3)23-13-15(12-22-23)11-20-8-9-21-17(24)10-14-4-6-16(19)7-5-14/h4-7,12-13,20H,8-11H2,1-3H3,(H,21,24). The molecule has 2 rings (SSSR count). The molecule has 2 aromatic rings. The molecule has 1 amide bonds. The molecule has 0 bridgehead atoms. The second kappa shape index (κ2) is 8.06. The number of rotatable bonds is 7. The third-order valence-corrected chi connectivity index (χ3v) is 3.55. The van der Waals surface area contributed by atoms with Crippen molar-refractivity contribution < 1.29 is 9.18 Å². The molecule has 0 atom stereocenters. The Labute approximate surface area is 142 Å². The number of amides is 1. The summed E-state index contributed by atoms with van der Waals surface area (Å²) in [5.74, 6) is -0.359. The van der Waals surface area contributed by atoms with Crippen molar-refractivity contribution in [3.63, 3.8) is 0 Å². The highest BCUT2D eigenvalue weighted by Gasteiger charge is 2.13. The molecule has 1 aromatic heterocycles. The van der Waals surface area contributed by atoms with Gasteiger partial charge in [-0.3, -0.25) is 9.48 Å². The van der Waals surface area contributed by atoms with Crippen LogP contribution in [0.1, 0.15) is 31.9 Å². The molecule has 1 heterocycles. The quantitative estimate of drug-likeness (QED) is 0.765. The van der Waals surface area contributed by atoms with Gasteiger partial charge < -0.3 is 10.6 Å². The van der Waals surface area contributed by atoms with Crippen molar-refractivity contribution in [2.45, 2.75) is 39.3 Å². The van der Waals surface area contributed by atoms with E-state index in [2.05, 4.69) is 36.5 Å². The lowest BCUT2D eigenvalue weighted by Gasteiger charge is -2.18. The first-order chi connectivity index (χ1) is 11.3. The Morgan fingerprint density at radius 3 is 2.50 bits per heavy atom. The molecule has 0 radical (unpaired) electrons. The van der Waals surface area contributed by atoms with Crippen LogP contribution in [0.3, 0.4) is 0 Å². The summed E-state index contributed by atoms with van der Waals surface area (Å²) in [6, 6.07) is 5.98. The summed E-state index contributed by atoms with van der Waals surface area (Å²) in [7, 11) is 0. The summed E-state index contributed by atoms with van der Waals surface area (Å²) < 4.78 is 14.7. The maximum absolute atomic E-state index is 12.8. The van der Waals surface area contributed by atoms with Gasteiger partial charge in [-0.25, -0.2) is 4.39 Å². The van der Waals surface area contributed by atoms with Crippen LogP contribution in [0.2, 0.25) is 0 Å². The van der Waals surface area contributed by atoms with Crippen LogP contribution in [0, 0.1) is 5.82 Å². The third-order valence-electron chi connectivity index (χ3n) is 3.55. The van der Waals surface area contributed by atoms with E-state index in [0.29, 0.717) is 19.6 Å². The van der Waals surface area contributed by atoms with E-state index in [1.54, 1.807) is 12.1 Å². The Balaban J connectivity index is 1.63. The molecule has 24 heavy (non-hydrogen) atoms. The fourth-order valence-corrected chi connectivity index (χ4v) is 2.19. The summed E-state index contributed by atoms with van der Waals surface area (Å²) in [5.41, 5.74) is 1.89. The Bertz CT molecular complexity index is 658. The van der Waals surface area contributed by atoms with E-state index in [1.165, 1.54) is 12.1 Å². The summed E-state index contributed by atoms with van der Waals surface area (Å²) >= 11 is 0. The first-order valence-electron chi connectivity index (χ1n) is 8.10. The van der Waals surface area contributed by atoms with Gasteiger partial charge in [-0.05, 0) is 38.5 Å². The van der Waals surface area contributed by atoms with Crippen molar-refractivity contribution in [1.82, 2.24) is 20.4 Å². The minimum absolute atomic E-state index is 0.0213. The van der Waals surface area contributed by atoms with Gasteiger partial charge in [0.15, 0.2) is 0 Å². The van der Waals surface area contributed by atoms with Gasteiger partial charge in [0, 0.05) is 31.4 Å². The first-order valence-corrected chi connectivity index (χ1v) is 8.10. The molecule has 2 N–H and O–H groups in total. The van der Waals surface area contributed by atoms with Gasteiger partial charge in [0.2, 0.25) is 5.91 Å².